The lowest BCUT2D eigenvalue weighted by Gasteiger charge is -2.11. The lowest BCUT2D eigenvalue weighted by Crippen LogP contribution is -2.12. The average Bonchev–Trinajstić information content (AvgIpc) is 2.31. The van der Waals surface area contributed by atoms with E-state index in [1.54, 1.807) is 6.07 Å². The largest absolute Gasteiger partial charge is 0.461 e. The third-order valence-corrected chi connectivity index (χ3v) is 3.04. The predicted molar refractivity (Wildman–Crippen MR) is 82.4 cm³/mol. The Labute approximate surface area is 129 Å². The fourth-order valence-corrected chi connectivity index (χ4v) is 2.01. The highest BCUT2D eigenvalue weighted by atomic mass is 127. The van der Waals surface area contributed by atoms with E-state index in [2.05, 4.69) is 20.3 Å². The number of nitrogens with two attached hydrogens (primary N) is 1. The smallest absolute Gasteiger partial charge is 0.323 e. The fraction of sp³-hybridized carbons (Fsp3) is 0.250. The quantitative estimate of drug-likeness (QED) is 0.783. The molecule has 0 saturated heterocycles. The maximum atomic E-state index is 13.0. The van der Waals surface area contributed by atoms with Gasteiger partial charge in [-0.05, 0) is 54.6 Å². The highest BCUT2D eigenvalue weighted by molar-refractivity contribution is 14.1. The molecule has 0 unspecified atom stereocenters. The van der Waals surface area contributed by atoms with Gasteiger partial charge in [-0.2, -0.15) is 15.0 Å². The first-order chi connectivity index (χ1) is 9.44. The maximum Gasteiger partial charge on any atom is 0.323 e. The molecule has 2 rings (SSSR count). The van der Waals surface area contributed by atoms with Crippen LogP contribution in [0.4, 0.5) is 22.0 Å². The van der Waals surface area contributed by atoms with Crippen molar-refractivity contribution in [3.05, 3.63) is 27.6 Å². The van der Waals surface area contributed by atoms with E-state index in [1.165, 1.54) is 12.1 Å². The molecule has 3 N–H and O–H groups in total. The highest BCUT2D eigenvalue weighted by Gasteiger charge is 2.09. The number of nitrogens with zero attached hydrogens (tertiary/aromatic N) is 3. The van der Waals surface area contributed by atoms with E-state index in [9.17, 15) is 4.39 Å². The van der Waals surface area contributed by atoms with Crippen molar-refractivity contribution in [3.63, 3.8) is 0 Å². The number of benzene rings is 1. The van der Waals surface area contributed by atoms with Crippen LogP contribution in [-0.4, -0.2) is 21.1 Å². The second kappa shape index (κ2) is 6.16. The summed E-state index contributed by atoms with van der Waals surface area (Å²) in [7, 11) is 0. The van der Waals surface area contributed by atoms with Crippen molar-refractivity contribution in [3.8, 4) is 6.01 Å². The second-order valence-corrected chi connectivity index (χ2v) is 5.38. The summed E-state index contributed by atoms with van der Waals surface area (Å²) >= 11 is 2.01. The SMILES string of the molecule is CC(C)Oc1nc(N)nc(Nc2ccc(F)cc2I)n1. The van der Waals surface area contributed by atoms with Crippen molar-refractivity contribution in [1.82, 2.24) is 15.0 Å². The van der Waals surface area contributed by atoms with Gasteiger partial charge in [-0.3, -0.25) is 0 Å². The molecule has 0 aliphatic rings. The van der Waals surface area contributed by atoms with Crippen LogP contribution in [-0.2, 0) is 0 Å². The molecule has 0 aliphatic heterocycles. The summed E-state index contributed by atoms with van der Waals surface area (Å²) < 4.78 is 19.1. The first kappa shape index (κ1) is 14.7. The molecule has 2 aromatic rings. The van der Waals surface area contributed by atoms with Gasteiger partial charge in [-0.1, -0.05) is 0 Å². The van der Waals surface area contributed by atoms with Crippen molar-refractivity contribution >= 4 is 40.2 Å². The van der Waals surface area contributed by atoms with E-state index in [1.807, 2.05) is 36.4 Å². The Kier molecular flexibility index (Phi) is 4.53. The Morgan fingerprint density at radius 1 is 1.30 bits per heavy atom. The molecule has 1 aromatic heterocycles. The first-order valence-corrected chi connectivity index (χ1v) is 6.92. The van der Waals surface area contributed by atoms with Gasteiger partial charge in [0.15, 0.2) is 0 Å². The monoisotopic (exact) mass is 389 g/mol. The lowest BCUT2D eigenvalue weighted by atomic mass is 10.3. The van der Waals surface area contributed by atoms with Crippen LogP contribution in [0.2, 0.25) is 0 Å². The second-order valence-electron chi connectivity index (χ2n) is 4.22. The van der Waals surface area contributed by atoms with Crippen molar-refractivity contribution in [2.24, 2.45) is 0 Å². The van der Waals surface area contributed by atoms with E-state index in [-0.39, 0.29) is 29.8 Å². The molecule has 6 nitrogen and oxygen atoms in total. The topological polar surface area (TPSA) is 86.0 Å². The van der Waals surface area contributed by atoms with Gasteiger partial charge in [0.2, 0.25) is 11.9 Å². The molecule has 0 radical (unpaired) electrons. The number of anilines is 3. The van der Waals surface area contributed by atoms with Crippen LogP contribution in [0.3, 0.4) is 0 Å². The van der Waals surface area contributed by atoms with Gasteiger partial charge >= 0.3 is 6.01 Å². The van der Waals surface area contributed by atoms with Gasteiger partial charge < -0.3 is 15.8 Å². The van der Waals surface area contributed by atoms with E-state index in [4.69, 9.17) is 10.5 Å². The molecule has 0 amide bonds. The fourth-order valence-electron chi connectivity index (χ4n) is 1.40. The van der Waals surface area contributed by atoms with Crippen molar-refractivity contribution in [2.75, 3.05) is 11.1 Å². The molecule has 0 spiro atoms. The van der Waals surface area contributed by atoms with E-state index in [0.29, 0.717) is 9.26 Å². The number of halogens is 2. The minimum atomic E-state index is -0.307. The van der Waals surface area contributed by atoms with E-state index < -0.39 is 0 Å². The predicted octanol–water partition coefficient (Wildman–Crippen LogP) is 2.73. The normalized spacial score (nSPS) is 10.7. The molecule has 8 heteroatoms. The summed E-state index contributed by atoms with van der Waals surface area (Å²) in [4.78, 5) is 12.0. The average molecular weight is 389 g/mol. The zero-order valence-corrected chi connectivity index (χ0v) is 13.1. The van der Waals surface area contributed by atoms with Crippen LogP contribution in [0, 0.1) is 9.39 Å². The maximum absolute atomic E-state index is 13.0. The summed E-state index contributed by atoms with van der Waals surface area (Å²) in [6.45, 7) is 3.71. The number of ether oxygens (including phenoxy) is 1. The molecular weight excluding hydrogens is 376 g/mol. The van der Waals surface area contributed by atoms with Crippen molar-refractivity contribution < 1.29 is 9.13 Å². The van der Waals surface area contributed by atoms with Gasteiger partial charge in [-0.15, -0.1) is 0 Å². The first-order valence-electron chi connectivity index (χ1n) is 5.84. The van der Waals surface area contributed by atoms with Gasteiger partial charge in [-0.25, -0.2) is 4.39 Å². The Balaban J connectivity index is 2.26. The summed E-state index contributed by atoms with van der Waals surface area (Å²) in [5.41, 5.74) is 6.28. The van der Waals surface area contributed by atoms with Crippen LogP contribution >= 0.6 is 22.6 Å². The van der Waals surface area contributed by atoms with Gasteiger partial charge in [0.25, 0.3) is 0 Å². The molecular formula is C12H13FIN5O. The number of nitrogen functional groups attached to an aromatic ring is 1. The van der Waals surface area contributed by atoms with Crippen LogP contribution in [0.25, 0.3) is 0 Å². The molecule has 0 bridgehead atoms. The minimum Gasteiger partial charge on any atom is -0.461 e. The third kappa shape index (κ3) is 3.89. The summed E-state index contributed by atoms with van der Waals surface area (Å²) in [6, 6.07) is 4.49. The molecule has 0 saturated carbocycles. The Morgan fingerprint density at radius 3 is 2.70 bits per heavy atom. The Hall–Kier alpha value is -1.71. The molecule has 0 atom stereocenters. The molecule has 106 valence electrons. The van der Waals surface area contributed by atoms with Crippen LogP contribution in [0.5, 0.6) is 6.01 Å². The van der Waals surface area contributed by atoms with Crippen LogP contribution < -0.4 is 15.8 Å². The number of rotatable bonds is 4. The molecule has 20 heavy (non-hydrogen) atoms. The van der Waals surface area contributed by atoms with E-state index >= 15 is 0 Å². The van der Waals surface area contributed by atoms with E-state index in [0.717, 1.165) is 0 Å². The molecule has 1 aromatic carbocycles. The van der Waals surface area contributed by atoms with Crippen molar-refractivity contribution in [1.29, 1.82) is 0 Å². The number of aromatic nitrogens is 3. The van der Waals surface area contributed by atoms with Gasteiger partial charge in [0.05, 0.1) is 11.8 Å². The Bertz CT molecular complexity index is 623. The standard InChI is InChI=1S/C12H13FIN5O/c1-6(2)20-12-18-10(15)17-11(19-12)16-9-4-3-7(13)5-8(9)14/h3-6H,1-2H3,(H3,15,16,17,18,19). The van der Waals surface area contributed by atoms with Crippen LogP contribution in [0.1, 0.15) is 13.8 Å². The van der Waals surface area contributed by atoms with Crippen molar-refractivity contribution in [2.45, 2.75) is 20.0 Å². The number of nitrogens with one attached hydrogen (secondary N) is 1. The molecule has 1 heterocycles. The summed E-state index contributed by atoms with van der Waals surface area (Å²) in [5, 5.41) is 2.96. The molecule has 0 fully saturated rings. The Morgan fingerprint density at radius 2 is 2.05 bits per heavy atom. The van der Waals surface area contributed by atoms with Gasteiger partial charge in [0, 0.05) is 3.57 Å². The third-order valence-electron chi connectivity index (χ3n) is 2.15. The van der Waals surface area contributed by atoms with Crippen LogP contribution in [0.15, 0.2) is 18.2 Å². The zero-order valence-electron chi connectivity index (χ0n) is 10.9. The number of hydrogen-bond acceptors (Lipinski definition) is 6. The minimum absolute atomic E-state index is 0.0512. The summed E-state index contributed by atoms with van der Waals surface area (Å²) in [6.07, 6.45) is -0.0735. The zero-order chi connectivity index (χ0) is 14.7. The molecule has 0 aliphatic carbocycles. The summed E-state index contributed by atoms with van der Waals surface area (Å²) in [5.74, 6) is -0.00751. The van der Waals surface area contributed by atoms with Gasteiger partial charge in [0.1, 0.15) is 5.82 Å². The lowest BCUT2D eigenvalue weighted by molar-refractivity contribution is 0.222. The highest BCUT2D eigenvalue weighted by Crippen LogP contribution is 2.22. The number of hydrogen-bond donors (Lipinski definition) is 2.